The Hall–Kier alpha value is -1.94. The number of halogens is 2. The van der Waals surface area contributed by atoms with Gasteiger partial charge in [-0.15, -0.1) is 0 Å². The summed E-state index contributed by atoms with van der Waals surface area (Å²) in [5.74, 6) is -0.106. The summed E-state index contributed by atoms with van der Waals surface area (Å²) in [5.41, 5.74) is 8.27. The van der Waals surface area contributed by atoms with Gasteiger partial charge in [0.25, 0.3) is 0 Å². The molecule has 1 aliphatic rings. The summed E-state index contributed by atoms with van der Waals surface area (Å²) in [6.45, 7) is 0.639. The molecule has 4 heteroatoms. The highest BCUT2D eigenvalue weighted by Crippen LogP contribution is 2.31. The highest BCUT2D eigenvalue weighted by Gasteiger charge is 2.17. The minimum Gasteiger partial charge on any atom is -0.488 e. The van der Waals surface area contributed by atoms with Crippen molar-refractivity contribution in [2.45, 2.75) is 19.1 Å². The minimum absolute atomic E-state index is 0.198. The van der Waals surface area contributed by atoms with E-state index in [1.54, 1.807) is 0 Å². The second-order valence-corrected chi connectivity index (χ2v) is 4.71. The molecule has 1 heterocycles. The zero-order valence-corrected chi connectivity index (χ0v) is 10.2. The van der Waals surface area contributed by atoms with Crippen molar-refractivity contribution in [1.82, 2.24) is 0 Å². The van der Waals surface area contributed by atoms with E-state index in [0.29, 0.717) is 13.0 Å². The van der Waals surface area contributed by atoms with Crippen molar-refractivity contribution in [2.75, 3.05) is 0 Å². The zero-order valence-electron chi connectivity index (χ0n) is 10.2. The lowest BCUT2D eigenvalue weighted by Crippen LogP contribution is -2.16. The molecule has 0 saturated carbocycles. The molecule has 2 nitrogen and oxygen atoms in total. The minimum atomic E-state index is -0.575. The average Bonchev–Trinajstić information content (AvgIpc) is 2.35. The molecule has 1 aliphatic heterocycles. The Kier molecular flexibility index (Phi) is 2.95. The maximum absolute atomic E-state index is 13.6. The van der Waals surface area contributed by atoms with Gasteiger partial charge in [0.1, 0.15) is 24.0 Å². The quantitative estimate of drug-likeness (QED) is 0.921. The van der Waals surface area contributed by atoms with E-state index in [9.17, 15) is 8.78 Å². The number of rotatable bonds is 3. The van der Waals surface area contributed by atoms with Crippen LogP contribution in [0.25, 0.3) is 0 Å². The second kappa shape index (κ2) is 4.63. The van der Waals surface area contributed by atoms with Gasteiger partial charge in [-0.25, -0.2) is 8.78 Å². The van der Waals surface area contributed by atoms with Crippen LogP contribution < -0.4 is 10.5 Å². The lowest BCUT2D eigenvalue weighted by atomic mass is 9.97. The van der Waals surface area contributed by atoms with Crippen LogP contribution in [0, 0.1) is 11.6 Å². The van der Waals surface area contributed by atoms with E-state index in [2.05, 4.69) is 0 Å². The normalized spacial score (nSPS) is 14.3. The van der Waals surface area contributed by atoms with Gasteiger partial charge in [-0.2, -0.15) is 0 Å². The van der Waals surface area contributed by atoms with Gasteiger partial charge in [-0.05, 0) is 36.2 Å². The third-order valence-electron chi connectivity index (χ3n) is 3.33. The summed E-state index contributed by atoms with van der Waals surface area (Å²) in [7, 11) is 0. The Morgan fingerprint density at radius 2 is 2.00 bits per heavy atom. The van der Waals surface area contributed by atoms with Crippen LogP contribution in [0.1, 0.15) is 22.7 Å². The van der Waals surface area contributed by atoms with E-state index in [1.807, 2.05) is 18.2 Å². The number of hydrogen-bond donors (Lipinski definition) is 1. The standard InChI is InChI=1S/C15H13F2NO/c16-11-3-4-13(17)12(7-11)14(18)5-9-1-2-10-8-19-15(10)6-9/h1-4,6-7,14H,5,8,18H2. The fourth-order valence-corrected chi connectivity index (χ4v) is 2.22. The van der Waals surface area contributed by atoms with Crippen molar-refractivity contribution in [3.05, 3.63) is 64.7 Å². The van der Waals surface area contributed by atoms with Crippen LogP contribution in [0.2, 0.25) is 0 Å². The Morgan fingerprint density at radius 1 is 1.16 bits per heavy atom. The average molecular weight is 261 g/mol. The van der Waals surface area contributed by atoms with Crippen LogP contribution in [-0.4, -0.2) is 0 Å². The molecule has 1 unspecified atom stereocenters. The van der Waals surface area contributed by atoms with Gasteiger partial charge >= 0.3 is 0 Å². The number of benzene rings is 2. The molecule has 0 saturated heterocycles. The molecule has 1 atom stereocenters. The monoisotopic (exact) mass is 261 g/mol. The van der Waals surface area contributed by atoms with Crippen molar-refractivity contribution in [2.24, 2.45) is 5.73 Å². The largest absolute Gasteiger partial charge is 0.488 e. The smallest absolute Gasteiger partial charge is 0.128 e. The van der Waals surface area contributed by atoms with Crippen LogP contribution >= 0.6 is 0 Å². The zero-order chi connectivity index (χ0) is 13.4. The van der Waals surface area contributed by atoms with Crippen LogP contribution in [0.3, 0.4) is 0 Å². The maximum Gasteiger partial charge on any atom is 0.128 e. The molecule has 0 aromatic heterocycles. The summed E-state index contributed by atoms with van der Waals surface area (Å²) in [6.07, 6.45) is 0.441. The van der Waals surface area contributed by atoms with E-state index in [0.717, 1.165) is 35.1 Å². The number of ether oxygens (including phenoxy) is 1. The van der Waals surface area contributed by atoms with Crippen molar-refractivity contribution < 1.29 is 13.5 Å². The van der Waals surface area contributed by atoms with E-state index in [4.69, 9.17) is 10.5 Å². The van der Waals surface area contributed by atoms with Crippen molar-refractivity contribution in [3.8, 4) is 5.75 Å². The fraction of sp³-hybridized carbons (Fsp3) is 0.200. The van der Waals surface area contributed by atoms with Gasteiger partial charge in [-0.1, -0.05) is 12.1 Å². The molecule has 2 aromatic carbocycles. The first-order valence-corrected chi connectivity index (χ1v) is 6.08. The van der Waals surface area contributed by atoms with Gasteiger partial charge in [-0.3, -0.25) is 0 Å². The Morgan fingerprint density at radius 3 is 2.68 bits per heavy atom. The lowest BCUT2D eigenvalue weighted by Gasteiger charge is -2.21. The van der Waals surface area contributed by atoms with Crippen LogP contribution in [0.5, 0.6) is 5.75 Å². The fourth-order valence-electron chi connectivity index (χ4n) is 2.22. The third-order valence-corrected chi connectivity index (χ3v) is 3.33. The molecule has 0 radical (unpaired) electrons. The molecule has 2 N–H and O–H groups in total. The molecule has 19 heavy (non-hydrogen) atoms. The van der Waals surface area contributed by atoms with Crippen LogP contribution in [0.15, 0.2) is 36.4 Å². The predicted molar refractivity (Wildman–Crippen MR) is 67.8 cm³/mol. The first kappa shape index (κ1) is 12.1. The summed E-state index contributed by atoms with van der Waals surface area (Å²) in [4.78, 5) is 0. The molecular weight excluding hydrogens is 248 g/mol. The second-order valence-electron chi connectivity index (χ2n) is 4.71. The van der Waals surface area contributed by atoms with Gasteiger partial charge in [0.05, 0.1) is 0 Å². The first-order valence-electron chi connectivity index (χ1n) is 6.08. The molecule has 0 fully saturated rings. The van der Waals surface area contributed by atoms with E-state index >= 15 is 0 Å². The van der Waals surface area contributed by atoms with Gasteiger partial charge in [0.15, 0.2) is 0 Å². The molecule has 0 amide bonds. The number of fused-ring (bicyclic) bond motifs is 1. The molecule has 0 bridgehead atoms. The highest BCUT2D eigenvalue weighted by molar-refractivity contribution is 5.42. The molecule has 2 aromatic rings. The SMILES string of the molecule is NC(Cc1ccc2c(c1)OC2)c1cc(F)ccc1F. The maximum atomic E-state index is 13.6. The van der Waals surface area contributed by atoms with Crippen LogP contribution in [0.4, 0.5) is 8.78 Å². The first-order chi connectivity index (χ1) is 9.13. The lowest BCUT2D eigenvalue weighted by molar-refractivity contribution is 0.243. The van der Waals surface area contributed by atoms with E-state index in [-0.39, 0.29) is 5.56 Å². The topological polar surface area (TPSA) is 35.2 Å². The summed E-state index contributed by atoms with van der Waals surface area (Å²) >= 11 is 0. The molecule has 98 valence electrons. The van der Waals surface area contributed by atoms with Gasteiger partial charge in [0.2, 0.25) is 0 Å². The molecule has 0 aliphatic carbocycles. The predicted octanol–water partition coefficient (Wildman–Crippen LogP) is 3.10. The Bertz CT molecular complexity index is 628. The van der Waals surface area contributed by atoms with E-state index in [1.165, 1.54) is 0 Å². The van der Waals surface area contributed by atoms with E-state index < -0.39 is 17.7 Å². The summed E-state index contributed by atoms with van der Waals surface area (Å²) < 4.78 is 32.0. The van der Waals surface area contributed by atoms with Gasteiger partial charge in [0, 0.05) is 17.2 Å². The Balaban J connectivity index is 1.82. The van der Waals surface area contributed by atoms with Crippen LogP contribution in [-0.2, 0) is 13.0 Å². The highest BCUT2D eigenvalue weighted by atomic mass is 19.1. The van der Waals surface area contributed by atoms with Crippen molar-refractivity contribution >= 4 is 0 Å². The van der Waals surface area contributed by atoms with Crippen molar-refractivity contribution in [3.63, 3.8) is 0 Å². The van der Waals surface area contributed by atoms with Gasteiger partial charge < -0.3 is 10.5 Å². The number of nitrogens with two attached hydrogens (primary N) is 1. The molecular formula is C15H13F2NO. The molecule has 3 rings (SSSR count). The van der Waals surface area contributed by atoms with Crippen molar-refractivity contribution in [1.29, 1.82) is 0 Å². The Labute approximate surface area is 109 Å². The molecule has 0 spiro atoms. The summed E-state index contributed by atoms with van der Waals surface area (Å²) in [5, 5.41) is 0. The number of hydrogen-bond acceptors (Lipinski definition) is 2. The summed E-state index contributed by atoms with van der Waals surface area (Å²) in [6, 6.07) is 8.58. The third kappa shape index (κ3) is 2.31.